The monoisotopic (exact) mass is 468 g/mol. The predicted molar refractivity (Wildman–Crippen MR) is 124 cm³/mol. The maximum atomic E-state index is 13.0. The van der Waals surface area contributed by atoms with Crippen molar-refractivity contribution in [2.24, 2.45) is 0 Å². The number of amides is 1. The molecule has 0 aliphatic carbocycles. The van der Waals surface area contributed by atoms with Crippen molar-refractivity contribution in [1.82, 2.24) is 5.32 Å². The first-order valence-electron chi connectivity index (χ1n) is 10.0. The van der Waals surface area contributed by atoms with Gasteiger partial charge in [0.05, 0.1) is 23.3 Å². The molecule has 0 atom stereocenters. The third kappa shape index (κ3) is 6.11. The van der Waals surface area contributed by atoms with Gasteiger partial charge >= 0.3 is 5.97 Å². The molecule has 172 valence electrons. The van der Waals surface area contributed by atoms with Crippen molar-refractivity contribution in [3.05, 3.63) is 90.0 Å². The van der Waals surface area contributed by atoms with Crippen molar-refractivity contribution in [2.75, 3.05) is 25.1 Å². The van der Waals surface area contributed by atoms with Gasteiger partial charge in [-0.15, -0.1) is 0 Å². The second-order valence-corrected chi connectivity index (χ2v) is 9.01. The van der Waals surface area contributed by atoms with Crippen molar-refractivity contribution in [3.63, 3.8) is 0 Å². The van der Waals surface area contributed by atoms with Crippen molar-refractivity contribution in [1.29, 1.82) is 0 Å². The van der Waals surface area contributed by atoms with Gasteiger partial charge in [-0.3, -0.25) is 9.10 Å². The van der Waals surface area contributed by atoms with E-state index in [4.69, 9.17) is 9.47 Å². The minimum Gasteiger partial charge on any atom is -0.497 e. The molecule has 3 rings (SSSR count). The van der Waals surface area contributed by atoms with Crippen LogP contribution in [-0.2, 0) is 26.1 Å². The fraction of sp³-hybridized carbons (Fsp3) is 0.167. The Morgan fingerprint density at radius 3 is 2.30 bits per heavy atom. The topological polar surface area (TPSA) is 102 Å². The summed E-state index contributed by atoms with van der Waals surface area (Å²) in [6, 6.07) is 21.3. The van der Waals surface area contributed by atoms with Gasteiger partial charge in [0.2, 0.25) is 0 Å². The van der Waals surface area contributed by atoms with E-state index in [1.165, 1.54) is 38.4 Å². The Labute approximate surface area is 192 Å². The Kier molecular flexibility index (Phi) is 7.68. The number of benzene rings is 3. The van der Waals surface area contributed by atoms with Crippen LogP contribution in [0.4, 0.5) is 5.69 Å². The van der Waals surface area contributed by atoms with Crippen LogP contribution in [-0.4, -0.2) is 41.1 Å². The number of carbonyl (C=O) groups is 2. The third-order valence-corrected chi connectivity index (χ3v) is 6.61. The highest BCUT2D eigenvalue weighted by molar-refractivity contribution is 7.92. The molecule has 0 aromatic heterocycles. The van der Waals surface area contributed by atoms with Gasteiger partial charge in [0.1, 0.15) is 5.75 Å². The molecule has 0 radical (unpaired) electrons. The van der Waals surface area contributed by atoms with E-state index >= 15 is 0 Å². The molecule has 1 N–H and O–H groups in total. The number of carbonyl (C=O) groups excluding carboxylic acids is 2. The van der Waals surface area contributed by atoms with Crippen LogP contribution in [0.1, 0.15) is 15.9 Å². The SMILES string of the molecule is COc1ccc(N(C)S(=O)(=O)c2cccc(C(=O)OCC(=O)NCc3ccccc3)c2)cc1. The van der Waals surface area contributed by atoms with Crippen molar-refractivity contribution < 1.29 is 27.5 Å². The molecular weight excluding hydrogens is 444 g/mol. The lowest BCUT2D eigenvalue weighted by Gasteiger charge is -2.20. The van der Waals surface area contributed by atoms with Crippen LogP contribution < -0.4 is 14.4 Å². The number of rotatable bonds is 9. The molecule has 9 heteroatoms. The van der Waals surface area contributed by atoms with Crippen LogP contribution in [0.2, 0.25) is 0 Å². The molecule has 1 amide bonds. The first-order valence-corrected chi connectivity index (χ1v) is 11.5. The smallest absolute Gasteiger partial charge is 0.338 e. The summed E-state index contributed by atoms with van der Waals surface area (Å²) in [5.41, 5.74) is 1.37. The first-order chi connectivity index (χ1) is 15.8. The van der Waals surface area contributed by atoms with Crippen LogP contribution in [0, 0.1) is 0 Å². The van der Waals surface area contributed by atoms with Gasteiger partial charge in [0.15, 0.2) is 6.61 Å². The zero-order chi connectivity index (χ0) is 23.8. The molecule has 0 fully saturated rings. The summed E-state index contributed by atoms with van der Waals surface area (Å²) < 4.78 is 37.3. The van der Waals surface area contributed by atoms with Gasteiger partial charge in [-0.1, -0.05) is 36.4 Å². The molecule has 0 spiro atoms. The fourth-order valence-corrected chi connectivity index (χ4v) is 4.18. The molecule has 3 aromatic rings. The number of hydrogen-bond donors (Lipinski definition) is 1. The maximum absolute atomic E-state index is 13.0. The van der Waals surface area contributed by atoms with Crippen LogP contribution in [0.3, 0.4) is 0 Å². The van der Waals surface area contributed by atoms with E-state index in [1.807, 2.05) is 30.3 Å². The zero-order valence-electron chi connectivity index (χ0n) is 18.2. The largest absolute Gasteiger partial charge is 0.497 e. The number of ether oxygens (including phenoxy) is 2. The lowest BCUT2D eigenvalue weighted by molar-refractivity contribution is -0.124. The second-order valence-electron chi connectivity index (χ2n) is 7.04. The summed E-state index contributed by atoms with van der Waals surface area (Å²) in [6.45, 7) is -0.170. The minimum absolute atomic E-state index is 0.0232. The minimum atomic E-state index is -3.93. The van der Waals surface area contributed by atoms with E-state index in [0.717, 1.165) is 9.87 Å². The van der Waals surface area contributed by atoms with Gasteiger partial charge in [-0.2, -0.15) is 0 Å². The second kappa shape index (κ2) is 10.6. The Morgan fingerprint density at radius 1 is 0.939 bits per heavy atom. The van der Waals surface area contributed by atoms with E-state index in [-0.39, 0.29) is 10.5 Å². The van der Waals surface area contributed by atoms with Gasteiger partial charge in [-0.25, -0.2) is 13.2 Å². The highest BCUT2D eigenvalue weighted by Gasteiger charge is 2.23. The van der Waals surface area contributed by atoms with Crippen molar-refractivity contribution in [2.45, 2.75) is 11.4 Å². The van der Waals surface area contributed by atoms with Gasteiger partial charge in [0, 0.05) is 13.6 Å². The van der Waals surface area contributed by atoms with Gasteiger partial charge in [-0.05, 0) is 48.0 Å². The number of esters is 1. The highest BCUT2D eigenvalue weighted by atomic mass is 32.2. The standard InChI is InChI=1S/C24H24N2O6S/c1-26(20-11-13-21(31-2)14-12-20)33(29,30)22-10-6-9-19(15-22)24(28)32-17-23(27)25-16-18-7-4-3-5-8-18/h3-15H,16-17H2,1-2H3,(H,25,27). The number of anilines is 1. The lowest BCUT2D eigenvalue weighted by atomic mass is 10.2. The summed E-state index contributed by atoms with van der Waals surface area (Å²) in [5.74, 6) is -0.661. The Bertz CT molecular complexity index is 1210. The molecule has 0 heterocycles. The van der Waals surface area contributed by atoms with Crippen LogP contribution >= 0.6 is 0 Å². The molecule has 0 aliphatic rings. The fourth-order valence-electron chi connectivity index (χ4n) is 2.93. The molecule has 0 aliphatic heterocycles. The summed E-state index contributed by atoms with van der Waals surface area (Å²) in [4.78, 5) is 24.3. The highest BCUT2D eigenvalue weighted by Crippen LogP contribution is 2.24. The first kappa shape index (κ1) is 23.8. The summed E-state index contributed by atoms with van der Waals surface area (Å²) >= 11 is 0. The number of nitrogens with zero attached hydrogens (tertiary/aromatic N) is 1. The molecule has 33 heavy (non-hydrogen) atoms. The normalized spacial score (nSPS) is 10.8. The molecule has 0 bridgehead atoms. The number of nitrogens with one attached hydrogen (secondary N) is 1. The molecule has 0 saturated carbocycles. The molecule has 0 saturated heterocycles. The Morgan fingerprint density at radius 2 is 1.64 bits per heavy atom. The molecular formula is C24H24N2O6S. The number of methoxy groups -OCH3 is 1. The molecule has 3 aromatic carbocycles. The molecule has 0 unspecified atom stereocenters. The van der Waals surface area contributed by atoms with Crippen molar-refractivity contribution >= 4 is 27.6 Å². The average Bonchev–Trinajstić information content (AvgIpc) is 2.86. The Hall–Kier alpha value is -3.85. The van der Waals surface area contributed by atoms with Crippen LogP contribution in [0.5, 0.6) is 5.75 Å². The maximum Gasteiger partial charge on any atom is 0.338 e. The van der Waals surface area contributed by atoms with E-state index in [0.29, 0.717) is 18.0 Å². The number of sulfonamides is 1. The van der Waals surface area contributed by atoms with Crippen LogP contribution in [0.25, 0.3) is 0 Å². The molecule has 8 nitrogen and oxygen atoms in total. The Balaban J connectivity index is 1.63. The summed E-state index contributed by atoms with van der Waals surface area (Å²) in [5, 5.41) is 2.66. The van der Waals surface area contributed by atoms with Crippen LogP contribution in [0.15, 0.2) is 83.8 Å². The van der Waals surface area contributed by atoms with Gasteiger partial charge < -0.3 is 14.8 Å². The van der Waals surface area contributed by atoms with E-state index in [1.54, 1.807) is 24.3 Å². The summed E-state index contributed by atoms with van der Waals surface area (Å²) in [7, 11) is -0.996. The summed E-state index contributed by atoms with van der Waals surface area (Å²) in [6.07, 6.45) is 0. The zero-order valence-corrected chi connectivity index (χ0v) is 19.0. The quantitative estimate of drug-likeness (QED) is 0.485. The van der Waals surface area contributed by atoms with E-state index in [2.05, 4.69) is 5.32 Å². The van der Waals surface area contributed by atoms with Crippen molar-refractivity contribution in [3.8, 4) is 5.75 Å². The van der Waals surface area contributed by atoms with Gasteiger partial charge in [0.25, 0.3) is 15.9 Å². The third-order valence-electron chi connectivity index (χ3n) is 4.83. The lowest BCUT2D eigenvalue weighted by Crippen LogP contribution is -2.28. The number of hydrogen-bond acceptors (Lipinski definition) is 6. The van der Waals surface area contributed by atoms with E-state index < -0.39 is 28.5 Å². The predicted octanol–water partition coefficient (Wildman–Crippen LogP) is 2.99. The average molecular weight is 469 g/mol. The van der Waals surface area contributed by atoms with E-state index in [9.17, 15) is 18.0 Å².